The highest BCUT2D eigenvalue weighted by Crippen LogP contribution is 2.42. The Kier molecular flexibility index (Phi) is 3.62. The molecule has 6 nitrogen and oxygen atoms in total. The molecule has 2 N–H and O–H groups in total. The number of ether oxygens (including phenoxy) is 1. The molecule has 2 rings (SSSR count). The highest BCUT2D eigenvalue weighted by molar-refractivity contribution is 5.90. The lowest BCUT2D eigenvalue weighted by molar-refractivity contribution is -0.0943. The fraction of sp³-hybridized carbons (Fsp3) is 0.786. The zero-order valence-electron chi connectivity index (χ0n) is 13.1. The third-order valence-electron chi connectivity index (χ3n) is 4.17. The maximum Gasteiger partial charge on any atom is 0.291 e. The average molecular weight is 280 g/mol. The molecule has 0 radical (unpaired) electrons. The second-order valence-electron chi connectivity index (χ2n) is 7.07. The third-order valence-corrected chi connectivity index (χ3v) is 4.17. The number of H-pyrrole nitrogens is 1. The van der Waals surface area contributed by atoms with E-state index in [1.807, 2.05) is 20.8 Å². The number of aromatic nitrogens is 3. The van der Waals surface area contributed by atoms with Gasteiger partial charge in [0.05, 0.1) is 6.10 Å². The first-order valence-corrected chi connectivity index (χ1v) is 6.93. The van der Waals surface area contributed by atoms with Gasteiger partial charge in [0, 0.05) is 24.0 Å². The Morgan fingerprint density at radius 1 is 1.45 bits per heavy atom. The summed E-state index contributed by atoms with van der Waals surface area (Å²) in [4.78, 5) is 16.4. The van der Waals surface area contributed by atoms with Gasteiger partial charge in [0.15, 0.2) is 0 Å². The number of rotatable bonds is 3. The first-order chi connectivity index (χ1) is 9.16. The molecule has 0 saturated heterocycles. The summed E-state index contributed by atoms with van der Waals surface area (Å²) in [5.74, 6) is 0.682. The SMILES string of the molecule is COC1CC(NC(=O)c2n[nH]c(C(C)(C)C)n2)C1(C)C. The van der Waals surface area contributed by atoms with Gasteiger partial charge in [-0.15, -0.1) is 5.10 Å². The van der Waals surface area contributed by atoms with E-state index >= 15 is 0 Å². The van der Waals surface area contributed by atoms with Crippen molar-refractivity contribution in [2.24, 2.45) is 5.41 Å². The number of hydrogen-bond acceptors (Lipinski definition) is 4. The monoisotopic (exact) mass is 280 g/mol. The standard InChI is InChI=1S/C14H24N4O2/c1-13(2,3)12-16-10(17-18-12)11(19)15-8-7-9(20-6)14(8,4)5/h8-9H,7H2,1-6H3,(H,15,19)(H,16,17,18). The molecule has 1 aromatic rings. The second kappa shape index (κ2) is 4.84. The van der Waals surface area contributed by atoms with Gasteiger partial charge in [-0.25, -0.2) is 4.98 Å². The van der Waals surface area contributed by atoms with Gasteiger partial charge in [-0.1, -0.05) is 34.6 Å². The van der Waals surface area contributed by atoms with Gasteiger partial charge in [-0.05, 0) is 6.42 Å². The minimum atomic E-state index is -0.232. The van der Waals surface area contributed by atoms with Gasteiger partial charge in [-0.3, -0.25) is 9.89 Å². The summed E-state index contributed by atoms with van der Waals surface area (Å²) < 4.78 is 5.38. The van der Waals surface area contributed by atoms with Gasteiger partial charge >= 0.3 is 0 Å². The summed E-state index contributed by atoms with van der Waals surface area (Å²) in [6.45, 7) is 10.2. The largest absolute Gasteiger partial charge is 0.381 e. The molecule has 1 aromatic heterocycles. The first kappa shape index (κ1) is 15.0. The van der Waals surface area contributed by atoms with Gasteiger partial charge < -0.3 is 10.1 Å². The Labute approximate surface area is 119 Å². The smallest absolute Gasteiger partial charge is 0.291 e. The Morgan fingerprint density at radius 2 is 2.10 bits per heavy atom. The third kappa shape index (κ3) is 2.57. The summed E-state index contributed by atoms with van der Waals surface area (Å²) in [5.41, 5.74) is -0.212. The van der Waals surface area contributed by atoms with Crippen LogP contribution in [0.5, 0.6) is 0 Å². The predicted molar refractivity (Wildman–Crippen MR) is 75.5 cm³/mol. The van der Waals surface area contributed by atoms with Gasteiger partial charge in [0.25, 0.3) is 5.91 Å². The van der Waals surface area contributed by atoms with Crippen molar-refractivity contribution in [2.45, 2.75) is 58.6 Å². The van der Waals surface area contributed by atoms with E-state index in [2.05, 4.69) is 34.3 Å². The van der Waals surface area contributed by atoms with Crippen molar-refractivity contribution < 1.29 is 9.53 Å². The number of methoxy groups -OCH3 is 1. The molecule has 2 unspecified atom stereocenters. The summed E-state index contributed by atoms with van der Waals surface area (Å²) in [6.07, 6.45) is 1.01. The van der Waals surface area contributed by atoms with Crippen molar-refractivity contribution in [3.8, 4) is 0 Å². The van der Waals surface area contributed by atoms with Crippen LogP contribution in [0.3, 0.4) is 0 Å². The van der Waals surface area contributed by atoms with Crippen molar-refractivity contribution in [1.29, 1.82) is 0 Å². The molecule has 0 bridgehead atoms. The number of nitrogens with zero attached hydrogens (tertiary/aromatic N) is 2. The fourth-order valence-electron chi connectivity index (χ4n) is 2.45. The number of carbonyl (C=O) groups excluding carboxylic acids is 1. The average Bonchev–Trinajstić information content (AvgIpc) is 2.82. The van der Waals surface area contributed by atoms with Gasteiger partial charge in [0.1, 0.15) is 5.82 Å². The van der Waals surface area contributed by atoms with Gasteiger partial charge in [0.2, 0.25) is 5.82 Å². The van der Waals surface area contributed by atoms with Crippen LogP contribution in [0.2, 0.25) is 0 Å². The van der Waals surface area contributed by atoms with Crippen LogP contribution in [0.15, 0.2) is 0 Å². The number of aromatic amines is 1. The van der Waals surface area contributed by atoms with E-state index in [1.54, 1.807) is 7.11 Å². The lowest BCUT2D eigenvalue weighted by Gasteiger charge is -2.51. The van der Waals surface area contributed by atoms with E-state index in [0.717, 1.165) is 6.42 Å². The Morgan fingerprint density at radius 3 is 2.55 bits per heavy atom. The number of nitrogens with one attached hydrogen (secondary N) is 2. The molecule has 2 atom stereocenters. The fourth-order valence-corrected chi connectivity index (χ4v) is 2.45. The lowest BCUT2D eigenvalue weighted by atomic mass is 9.64. The van der Waals surface area contributed by atoms with Gasteiger partial charge in [-0.2, -0.15) is 0 Å². The zero-order chi connectivity index (χ0) is 15.1. The first-order valence-electron chi connectivity index (χ1n) is 6.93. The van der Waals surface area contributed by atoms with E-state index in [0.29, 0.717) is 5.82 Å². The number of carbonyl (C=O) groups is 1. The maximum absolute atomic E-state index is 12.2. The molecule has 1 amide bonds. The van der Waals surface area contributed by atoms with Crippen LogP contribution >= 0.6 is 0 Å². The molecule has 1 heterocycles. The topological polar surface area (TPSA) is 79.9 Å². The second-order valence-corrected chi connectivity index (χ2v) is 7.07. The summed E-state index contributed by atoms with van der Waals surface area (Å²) in [5, 5.41) is 9.82. The van der Waals surface area contributed by atoms with Crippen LogP contribution in [0.4, 0.5) is 0 Å². The molecular formula is C14H24N4O2. The van der Waals surface area contributed by atoms with Crippen LogP contribution in [0.25, 0.3) is 0 Å². The van der Waals surface area contributed by atoms with E-state index in [-0.39, 0.29) is 34.7 Å². The Hall–Kier alpha value is -1.43. The van der Waals surface area contributed by atoms with Crippen LogP contribution in [0, 0.1) is 5.41 Å². The molecular weight excluding hydrogens is 256 g/mol. The van der Waals surface area contributed by atoms with E-state index in [4.69, 9.17) is 4.74 Å². The Bertz CT molecular complexity index is 502. The normalized spacial score (nSPS) is 25.1. The molecule has 112 valence electrons. The Balaban J connectivity index is 2.02. The van der Waals surface area contributed by atoms with Crippen molar-refractivity contribution >= 4 is 5.91 Å². The van der Waals surface area contributed by atoms with E-state index in [1.165, 1.54) is 0 Å². The van der Waals surface area contributed by atoms with Crippen molar-refractivity contribution in [3.05, 3.63) is 11.6 Å². The molecule has 20 heavy (non-hydrogen) atoms. The molecule has 0 spiro atoms. The minimum absolute atomic E-state index is 0.0619. The van der Waals surface area contributed by atoms with Crippen LogP contribution in [-0.4, -0.2) is 40.3 Å². The quantitative estimate of drug-likeness (QED) is 0.882. The van der Waals surface area contributed by atoms with Crippen LogP contribution in [0.1, 0.15) is 57.5 Å². The zero-order valence-corrected chi connectivity index (χ0v) is 13.1. The number of amides is 1. The minimum Gasteiger partial charge on any atom is -0.381 e. The van der Waals surface area contributed by atoms with Crippen molar-refractivity contribution in [3.63, 3.8) is 0 Å². The summed E-state index contributed by atoms with van der Waals surface area (Å²) >= 11 is 0. The molecule has 1 aliphatic rings. The molecule has 0 aliphatic heterocycles. The number of hydrogen-bond donors (Lipinski definition) is 2. The van der Waals surface area contributed by atoms with Crippen LogP contribution in [-0.2, 0) is 10.2 Å². The molecule has 1 fully saturated rings. The van der Waals surface area contributed by atoms with Crippen LogP contribution < -0.4 is 5.32 Å². The highest BCUT2D eigenvalue weighted by atomic mass is 16.5. The highest BCUT2D eigenvalue weighted by Gasteiger charge is 2.49. The van der Waals surface area contributed by atoms with E-state index in [9.17, 15) is 4.79 Å². The summed E-state index contributed by atoms with van der Waals surface area (Å²) in [6, 6.07) is 0.0940. The maximum atomic E-state index is 12.2. The molecule has 0 aromatic carbocycles. The summed E-state index contributed by atoms with van der Waals surface area (Å²) in [7, 11) is 1.70. The molecule has 1 saturated carbocycles. The van der Waals surface area contributed by atoms with Crippen molar-refractivity contribution in [1.82, 2.24) is 20.5 Å². The van der Waals surface area contributed by atoms with E-state index < -0.39 is 0 Å². The lowest BCUT2D eigenvalue weighted by Crippen LogP contribution is -2.61. The predicted octanol–water partition coefficient (Wildman–Crippen LogP) is 1.65. The molecule has 6 heteroatoms. The molecule has 1 aliphatic carbocycles. The van der Waals surface area contributed by atoms with Crippen molar-refractivity contribution in [2.75, 3.05) is 7.11 Å².